The quantitative estimate of drug-likeness (QED) is 0.119. The molecule has 4 N–H and O–H groups in total. The minimum Gasteiger partial charge on any atom is -0.394 e. The molecule has 14 nitrogen and oxygen atoms in total. The monoisotopic (exact) mass is 787 g/mol. The van der Waals surface area contributed by atoms with Crippen LogP contribution in [0.3, 0.4) is 0 Å². The fourth-order valence-corrected chi connectivity index (χ4v) is 8.16. The molecular formula is C37H35Cl2N9O5S. The summed E-state index contributed by atoms with van der Waals surface area (Å²) < 4.78 is 25.3. The van der Waals surface area contributed by atoms with E-state index in [0.29, 0.717) is 50.9 Å². The molecular weight excluding hydrogens is 753 g/mol. The topological polar surface area (TPSA) is 183 Å². The minimum absolute atomic E-state index is 0.0418. The highest BCUT2D eigenvalue weighted by Gasteiger charge is 2.35. The lowest BCUT2D eigenvalue weighted by Crippen LogP contribution is -2.41. The van der Waals surface area contributed by atoms with Gasteiger partial charge in [0.05, 0.1) is 52.4 Å². The number of aliphatic hydroxyl groups is 1. The number of amides is 4. The van der Waals surface area contributed by atoms with Crippen LogP contribution < -0.4 is 25.8 Å². The lowest BCUT2D eigenvalue weighted by atomic mass is 9.99. The molecule has 2 aliphatic heterocycles. The third-order valence-electron chi connectivity index (χ3n) is 9.31. The Labute approximate surface area is 321 Å². The van der Waals surface area contributed by atoms with E-state index in [-0.39, 0.29) is 41.4 Å². The fourth-order valence-electron chi connectivity index (χ4n) is 6.48. The highest BCUT2D eigenvalue weighted by atomic mass is 35.5. The van der Waals surface area contributed by atoms with Gasteiger partial charge in [0.1, 0.15) is 11.6 Å². The maximum Gasteiger partial charge on any atom is 0.327 e. The maximum absolute atomic E-state index is 12.6. The Morgan fingerprint density at radius 2 is 1.26 bits per heavy atom. The van der Waals surface area contributed by atoms with Crippen molar-refractivity contribution in [2.75, 3.05) is 32.4 Å². The Morgan fingerprint density at radius 1 is 0.741 bits per heavy atom. The van der Waals surface area contributed by atoms with Crippen molar-refractivity contribution in [2.45, 2.75) is 55.2 Å². The second-order valence-corrected chi connectivity index (χ2v) is 15.7. The lowest BCUT2D eigenvalue weighted by molar-refractivity contribution is 0.213. The van der Waals surface area contributed by atoms with Crippen molar-refractivity contribution < 1.29 is 23.1 Å². The highest BCUT2D eigenvalue weighted by Crippen LogP contribution is 2.35. The second-order valence-electron chi connectivity index (χ2n) is 13.0. The second kappa shape index (κ2) is 15.6. The molecule has 2 aromatic heterocycles. The van der Waals surface area contributed by atoms with Gasteiger partial charge in [-0.05, 0) is 42.7 Å². The number of anilines is 5. The van der Waals surface area contributed by atoms with Crippen molar-refractivity contribution in [3.05, 3.63) is 118 Å². The third-order valence-corrected chi connectivity index (χ3v) is 11.4. The number of aromatic nitrogens is 4. The smallest absolute Gasteiger partial charge is 0.327 e. The van der Waals surface area contributed by atoms with E-state index in [2.05, 4.69) is 35.9 Å². The van der Waals surface area contributed by atoms with Gasteiger partial charge in [0.15, 0.2) is 0 Å². The zero-order valence-corrected chi connectivity index (χ0v) is 31.1. The number of aliphatic hydroxyl groups excluding tert-OH is 1. The van der Waals surface area contributed by atoms with E-state index in [1.807, 2.05) is 18.2 Å². The van der Waals surface area contributed by atoms with Crippen LogP contribution in [0, 0.1) is 0 Å². The number of sulfone groups is 1. The standard InChI is InChI=1S/C19H15ClN4O3S.C18H20ClN5O2/c20-15-8-4-5-9-16(15)24-11-14-10-21-18(22-17(14)23-19(24)25)28(26,27)12-13-6-2-1-3-7-13;19-13-5-1-2-6-14(13)24-10-12-9-20-16(21-15(12)22-17(24)26)23-18(11-25)7-3-4-8-18/h1-10H,11-12H2,(H,21,22,23,25);1-2,5-6,9,25H,3-4,7-8,10-11H2,(H2,20,21,22,23,26). The molecule has 1 aliphatic carbocycles. The molecule has 4 heterocycles. The highest BCUT2D eigenvalue weighted by molar-refractivity contribution is 7.90. The first-order chi connectivity index (χ1) is 26.0. The molecule has 17 heteroatoms. The number of carbonyl (C=O) groups excluding carboxylic acids is 2. The van der Waals surface area contributed by atoms with Crippen LogP contribution in [0.4, 0.5) is 38.5 Å². The number of nitrogens with zero attached hydrogens (tertiary/aromatic N) is 6. The molecule has 0 radical (unpaired) electrons. The molecule has 0 unspecified atom stereocenters. The van der Waals surface area contributed by atoms with Gasteiger partial charge in [-0.15, -0.1) is 0 Å². The van der Waals surface area contributed by atoms with Gasteiger partial charge in [-0.1, -0.05) is 90.6 Å². The number of hydrogen-bond donors (Lipinski definition) is 4. The van der Waals surface area contributed by atoms with E-state index in [1.165, 1.54) is 11.1 Å². The van der Waals surface area contributed by atoms with E-state index in [0.717, 1.165) is 31.2 Å². The molecule has 278 valence electrons. The summed E-state index contributed by atoms with van der Waals surface area (Å²) in [4.78, 5) is 45.0. The summed E-state index contributed by atoms with van der Waals surface area (Å²) in [5, 5.41) is 19.1. The Kier molecular flexibility index (Phi) is 10.7. The van der Waals surface area contributed by atoms with Crippen molar-refractivity contribution in [1.82, 2.24) is 19.9 Å². The van der Waals surface area contributed by atoms with Crippen LogP contribution in [-0.2, 0) is 28.7 Å². The van der Waals surface area contributed by atoms with E-state index in [9.17, 15) is 23.1 Å². The van der Waals surface area contributed by atoms with E-state index in [4.69, 9.17) is 23.2 Å². The number of para-hydroxylation sites is 2. The Bertz CT molecular complexity index is 2310. The minimum atomic E-state index is -3.74. The average molecular weight is 789 g/mol. The van der Waals surface area contributed by atoms with Crippen molar-refractivity contribution >= 4 is 74.1 Å². The van der Waals surface area contributed by atoms with Crippen LogP contribution in [0.15, 0.2) is 96.4 Å². The van der Waals surface area contributed by atoms with Gasteiger partial charge >= 0.3 is 12.1 Å². The largest absolute Gasteiger partial charge is 0.394 e. The van der Waals surface area contributed by atoms with Crippen LogP contribution >= 0.6 is 23.2 Å². The molecule has 0 spiro atoms. The summed E-state index contributed by atoms with van der Waals surface area (Å²) in [6.07, 6.45) is 7.04. The van der Waals surface area contributed by atoms with Crippen LogP contribution in [0.2, 0.25) is 10.0 Å². The number of urea groups is 2. The predicted molar refractivity (Wildman–Crippen MR) is 207 cm³/mol. The van der Waals surface area contributed by atoms with Gasteiger partial charge in [-0.3, -0.25) is 20.4 Å². The zero-order chi connectivity index (χ0) is 37.9. The van der Waals surface area contributed by atoms with E-state index in [1.54, 1.807) is 71.8 Å². The van der Waals surface area contributed by atoms with Crippen LogP contribution in [0.1, 0.15) is 42.4 Å². The number of fused-ring (bicyclic) bond motifs is 2. The van der Waals surface area contributed by atoms with Crippen LogP contribution in [0.25, 0.3) is 0 Å². The molecule has 5 aromatic rings. The molecule has 1 fully saturated rings. The SMILES string of the molecule is O=C1Nc2nc(NC3(CO)CCCC3)ncc2CN1c1ccccc1Cl.O=C1Nc2nc(S(=O)(=O)Cc3ccccc3)ncc2CN1c1ccccc1Cl. The number of benzene rings is 3. The molecule has 4 amide bonds. The van der Waals surface area contributed by atoms with Crippen molar-refractivity contribution in [2.24, 2.45) is 0 Å². The summed E-state index contributed by atoms with van der Waals surface area (Å²) in [6.45, 7) is 0.570. The van der Waals surface area contributed by atoms with Gasteiger partial charge in [0.2, 0.25) is 20.9 Å². The molecule has 54 heavy (non-hydrogen) atoms. The summed E-state index contributed by atoms with van der Waals surface area (Å²) >= 11 is 12.4. The first-order valence-electron chi connectivity index (χ1n) is 17.1. The predicted octanol–water partition coefficient (Wildman–Crippen LogP) is 7.06. The summed E-state index contributed by atoms with van der Waals surface area (Å²) in [5.74, 6) is 0.884. The number of halogens is 2. The third kappa shape index (κ3) is 7.94. The summed E-state index contributed by atoms with van der Waals surface area (Å²) in [6, 6.07) is 22.2. The van der Waals surface area contributed by atoms with E-state index >= 15 is 0 Å². The Hall–Kier alpha value is -5.35. The summed E-state index contributed by atoms with van der Waals surface area (Å²) in [5.41, 5.74) is 2.87. The van der Waals surface area contributed by atoms with Crippen molar-refractivity contribution in [3.8, 4) is 0 Å². The van der Waals surface area contributed by atoms with Gasteiger partial charge in [0.25, 0.3) is 0 Å². The first-order valence-corrected chi connectivity index (χ1v) is 19.5. The molecule has 3 aromatic carbocycles. The molecule has 8 rings (SSSR count). The summed E-state index contributed by atoms with van der Waals surface area (Å²) in [7, 11) is -3.74. The number of carbonyl (C=O) groups is 2. The normalized spacial score (nSPS) is 16.0. The van der Waals surface area contributed by atoms with Gasteiger partial charge in [-0.2, -0.15) is 4.98 Å². The molecule has 3 aliphatic rings. The zero-order valence-electron chi connectivity index (χ0n) is 28.7. The van der Waals surface area contributed by atoms with E-state index < -0.39 is 15.9 Å². The Morgan fingerprint density at radius 3 is 1.81 bits per heavy atom. The maximum atomic E-state index is 12.6. The average Bonchev–Trinajstić information content (AvgIpc) is 3.64. The number of hydrogen-bond acceptors (Lipinski definition) is 10. The molecule has 0 atom stereocenters. The van der Waals surface area contributed by atoms with Gasteiger partial charge < -0.3 is 10.4 Å². The first kappa shape index (κ1) is 37.0. The molecule has 1 saturated carbocycles. The molecule has 0 bridgehead atoms. The lowest BCUT2D eigenvalue weighted by Gasteiger charge is -2.31. The Balaban J connectivity index is 0.000000167. The van der Waals surface area contributed by atoms with Crippen LogP contribution in [0.5, 0.6) is 0 Å². The van der Waals surface area contributed by atoms with Crippen molar-refractivity contribution in [3.63, 3.8) is 0 Å². The number of nitrogens with one attached hydrogen (secondary N) is 3. The number of rotatable bonds is 8. The van der Waals surface area contributed by atoms with Gasteiger partial charge in [-0.25, -0.2) is 33.0 Å². The van der Waals surface area contributed by atoms with Gasteiger partial charge in [0, 0.05) is 23.5 Å². The van der Waals surface area contributed by atoms with Crippen molar-refractivity contribution in [1.29, 1.82) is 0 Å². The van der Waals surface area contributed by atoms with Crippen LogP contribution in [-0.4, -0.2) is 57.7 Å². The fraction of sp³-hybridized carbons (Fsp3) is 0.243. The molecule has 0 saturated heterocycles.